The minimum absolute atomic E-state index is 0.391. The Bertz CT molecular complexity index is 247. The second-order valence-corrected chi connectivity index (χ2v) is 6.81. The first-order valence-electron chi connectivity index (χ1n) is 6.90. The second-order valence-electron chi connectivity index (χ2n) is 6.81. The van der Waals surface area contributed by atoms with E-state index >= 15 is 0 Å². The minimum atomic E-state index is 0.391. The van der Waals surface area contributed by atoms with Crippen LogP contribution in [0.5, 0.6) is 0 Å². The van der Waals surface area contributed by atoms with Gasteiger partial charge in [0.05, 0.1) is 0 Å². The Labute approximate surface area is 101 Å². The van der Waals surface area contributed by atoms with E-state index in [1.165, 1.54) is 26.1 Å². The summed E-state index contributed by atoms with van der Waals surface area (Å²) in [6, 6.07) is 0.737. The summed E-state index contributed by atoms with van der Waals surface area (Å²) in [6.07, 6.45) is 1.33. The van der Waals surface area contributed by atoms with Crippen LogP contribution >= 0.6 is 0 Å². The van der Waals surface area contributed by atoms with Crippen LogP contribution < -0.4 is 5.32 Å². The van der Waals surface area contributed by atoms with Gasteiger partial charge in [-0.25, -0.2) is 0 Å². The van der Waals surface area contributed by atoms with Crippen molar-refractivity contribution in [3.63, 3.8) is 0 Å². The first kappa shape index (κ1) is 12.4. The van der Waals surface area contributed by atoms with Gasteiger partial charge in [0.2, 0.25) is 0 Å². The number of nitrogens with zero attached hydrogens (tertiary/aromatic N) is 1. The van der Waals surface area contributed by atoms with E-state index in [9.17, 15) is 0 Å². The van der Waals surface area contributed by atoms with Crippen molar-refractivity contribution in [3.05, 3.63) is 0 Å². The van der Waals surface area contributed by atoms with E-state index in [0.29, 0.717) is 5.54 Å². The Morgan fingerprint density at radius 3 is 2.50 bits per heavy atom. The van der Waals surface area contributed by atoms with Crippen molar-refractivity contribution in [2.45, 2.75) is 52.6 Å². The topological polar surface area (TPSA) is 15.3 Å². The molecule has 0 aromatic heterocycles. The van der Waals surface area contributed by atoms with Gasteiger partial charge in [-0.15, -0.1) is 0 Å². The van der Waals surface area contributed by atoms with Crippen LogP contribution in [0.4, 0.5) is 0 Å². The number of likely N-dealkylation sites (tertiary alicyclic amines) is 1. The fourth-order valence-corrected chi connectivity index (χ4v) is 4.01. The van der Waals surface area contributed by atoms with Gasteiger partial charge >= 0.3 is 0 Å². The van der Waals surface area contributed by atoms with Gasteiger partial charge in [0.1, 0.15) is 0 Å². The van der Waals surface area contributed by atoms with E-state index in [0.717, 1.165) is 23.8 Å². The van der Waals surface area contributed by atoms with E-state index in [1.54, 1.807) is 0 Å². The predicted molar refractivity (Wildman–Crippen MR) is 69.6 cm³/mol. The molecule has 2 fully saturated rings. The lowest BCUT2D eigenvalue weighted by molar-refractivity contribution is 0.0862. The molecule has 2 aliphatic rings. The highest BCUT2D eigenvalue weighted by Gasteiger charge is 2.50. The van der Waals surface area contributed by atoms with Crippen LogP contribution in [0.1, 0.15) is 41.0 Å². The van der Waals surface area contributed by atoms with Crippen molar-refractivity contribution in [1.29, 1.82) is 0 Å². The maximum absolute atomic E-state index is 3.55. The van der Waals surface area contributed by atoms with Gasteiger partial charge in [-0.3, -0.25) is 4.90 Å². The Morgan fingerprint density at radius 1 is 1.25 bits per heavy atom. The number of hydrogen-bond donors (Lipinski definition) is 1. The number of rotatable bonds is 3. The number of nitrogens with one attached hydrogen (secondary N) is 1. The molecule has 2 saturated heterocycles. The molecule has 0 saturated carbocycles. The van der Waals surface area contributed by atoms with Crippen molar-refractivity contribution in [3.8, 4) is 0 Å². The molecular weight excluding hydrogens is 196 g/mol. The van der Waals surface area contributed by atoms with Gasteiger partial charge in [0.25, 0.3) is 0 Å². The van der Waals surface area contributed by atoms with E-state index in [4.69, 9.17) is 0 Å². The Morgan fingerprint density at radius 2 is 1.94 bits per heavy atom. The first-order valence-corrected chi connectivity index (χ1v) is 6.90. The van der Waals surface area contributed by atoms with Gasteiger partial charge < -0.3 is 5.32 Å². The lowest BCUT2D eigenvalue weighted by Gasteiger charge is -2.40. The van der Waals surface area contributed by atoms with Gasteiger partial charge in [-0.2, -0.15) is 0 Å². The highest BCUT2D eigenvalue weighted by molar-refractivity contribution is 5.05. The number of hydrogen-bond acceptors (Lipinski definition) is 2. The molecule has 2 heteroatoms. The third-order valence-electron chi connectivity index (χ3n) is 4.76. The smallest absolute Gasteiger partial charge is 0.0200 e. The molecule has 0 radical (unpaired) electrons. The summed E-state index contributed by atoms with van der Waals surface area (Å²) in [5.74, 6) is 2.57. The average Bonchev–Trinajstić information content (AvgIpc) is 2.67. The number of fused-ring (bicyclic) bond motifs is 1. The van der Waals surface area contributed by atoms with Gasteiger partial charge in [0, 0.05) is 24.7 Å². The van der Waals surface area contributed by atoms with E-state index < -0.39 is 0 Å². The van der Waals surface area contributed by atoms with Crippen LogP contribution in [0.15, 0.2) is 0 Å². The molecule has 0 aromatic rings. The van der Waals surface area contributed by atoms with Crippen molar-refractivity contribution >= 4 is 0 Å². The normalized spacial score (nSPS) is 35.6. The van der Waals surface area contributed by atoms with Crippen molar-refractivity contribution in [2.75, 3.05) is 19.6 Å². The van der Waals surface area contributed by atoms with E-state index in [1.807, 2.05) is 0 Å². The maximum atomic E-state index is 3.55. The van der Waals surface area contributed by atoms with Crippen LogP contribution in [-0.2, 0) is 0 Å². The molecule has 16 heavy (non-hydrogen) atoms. The zero-order valence-electron chi connectivity index (χ0n) is 11.6. The highest BCUT2D eigenvalue weighted by Crippen LogP contribution is 2.42. The Kier molecular flexibility index (Phi) is 3.33. The fraction of sp³-hybridized carbons (Fsp3) is 1.00. The summed E-state index contributed by atoms with van der Waals surface area (Å²) in [4.78, 5) is 2.77. The molecule has 0 aromatic carbocycles. The minimum Gasteiger partial charge on any atom is -0.316 e. The van der Waals surface area contributed by atoms with Crippen LogP contribution in [0, 0.1) is 17.8 Å². The quantitative estimate of drug-likeness (QED) is 0.791. The molecule has 0 aliphatic carbocycles. The first-order chi connectivity index (χ1) is 7.43. The van der Waals surface area contributed by atoms with Crippen LogP contribution in [0.2, 0.25) is 0 Å². The molecule has 2 rings (SSSR count). The summed E-state index contributed by atoms with van der Waals surface area (Å²) >= 11 is 0. The fourth-order valence-electron chi connectivity index (χ4n) is 4.01. The SMILES string of the molecule is CC(C)CC(C)N1CC2CNCC2C1(C)C. The monoisotopic (exact) mass is 224 g/mol. The van der Waals surface area contributed by atoms with Crippen molar-refractivity contribution < 1.29 is 0 Å². The summed E-state index contributed by atoms with van der Waals surface area (Å²) in [5.41, 5.74) is 0.391. The zero-order chi connectivity index (χ0) is 11.9. The van der Waals surface area contributed by atoms with Crippen molar-refractivity contribution in [2.24, 2.45) is 17.8 Å². The third kappa shape index (κ3) is 2.02. The maximum Gasteiger partial charge on any atom is 0.0200 e. The third-order valence-corrected chi connectivity index (χ3v) is 4.76. The van der Waals surface area contributed by atoms with E-state index in [-0.39, 0.29) is 0 Å². The van der Waals surface area contributed by atoms with Gasteiger partial charge in [-0.1, -0.05) is 13.8 Å². The van der Waals surface area contributed by atoms with Gasteiger partial charge in [0.15, 0.2) is 0 Å². The van der Waals surface area contributed by atoms with E-state index in [2.05, 4.69) is 44.8 Å². The summed E-state index contributed by atoms with van der Waals surface area (Å²) in [6.45, 7) is 15.7. The molecule has 1 N–H and O–H groups in total. The van der Waals surface area contributed by atoms with Crippen LogP contribution in [-0.4, -0.2) is 36.1 Å². The average molecular weight is 224 g/mol. The molecule has 2 heterocycles. The Balaban J connectivity index is 2.06. The van der Waals surface area contributed by atoms with Crippen LogP contribution in [0.3, 0.4) is 0 Å². The van der Waals surface area contributed by atoms with Crippen molar-refractivity contribution in [1.82, 2.24) is 10.2 Å². The predicted octanol–water partition coefficient (Wildman–Crippen LogP) is 2.35. The molecule has 3 atom stereocenters. The molecule has 2 nitrogen and oxygen atoms in total. The molecule has 2 aliphatic heterocycles. The molecule has 94 valence electrons. The summed E-state index contributed by atoms with van der Waals surface area (Å²) < 4.78 is 0. The highest BCUT2D eigenvalue weighted by atomic mass is 15.3. The zero-order valence-corrected chi connectivity index (χ0v) is 11.6. The van der Waals surface area contributed by atoms with Crippen LogP contribution in [0.25, 0.3) is 0 Å². The van der Waals surface area contributed by atoms with Gasteiger partial charge in [-0.05, 0) is 51.5 Å². The Hall–Kier alpha value is -0.0800. The summed E-state index contributed by atoms with van der Waals surface area (Å²) in [5, 5.41) is 3.55. The lowest BCUT2D eigenvalue weighted by atomic mass is 9.84. The molecule has 0 spiro atoms. The molecule has 0 bridgehead atoms. The molecule has 3 unspecified atom stereocenters. The lowest BCUT2D eigenvalue weighted by Crippen LogP contribution is -2.49. The standard InChI is InChI=1S/C14H28N2/c1-10(2)6-11(3)16-9-12-7-15-8-13(12)14(16,4)5/h10-13,15H,6-9H2,1-5H3. The molecular formula is C14H28N2. The molecule has 0 amide bonds. The summed E-state index contributed by atoms with van der Waals surface area (Å²) in [7, 11) is 0. The second kappa shape index (κ2) is 4.30. The largest absolute Gasteiger partial charge is 0.316 e.